The molecular weight excluding hydrogens is 444 g/mol. The van der Waals surface area contributed by atoms with E-state index in [0.717, 1.165) is 16.9 Å². The fourth-order valence-electron chi connectivity index (χ4n) is 3.52. The van der Waals surface area contributed by atoms with Crippen LogP contribution in [-0.2, 0) is 16.8 Å². The van der Waals surface area contributed by atoms with Crippen molar-refractivity contribution < 1.29 is 9.59 Å². The number of benzene rings is 2. The van der Waals surface area contributed by atoms with Gasteiger partial charge in [0.1, 0.15) is 12.4 Å². The number of hydrogen-bond donors (Lipinski definition) is 1. The van der Waals surface area contributed by atoms with Gasteiger partial charge in [0.05, 0.1) is 16.3 Å². The van der Waals surface area contributed by atoms with Crippen molar-refractivity contribution in [1.29, 1.82) is 0 Å². The Morgan fingerprint density at radius 3 is 2.26 bits per heavy atom. The summed E-state index contributed by atoms with van der Waals surface area (Å²) in [5, 5.41) is 9.60. The predicted octanol–water partition coefficient (Wildman–Crippen LogP) is 5.51. The molecule has 0 aliphatic heterocycles. The van der Waals surface area contributed by atoms with Crippen molar-refractivity contribution >= 4 is 29.0 Å². The zero-order valence-electron chi connectivity index (χ0n) is 19.6. The van der Waals surface area contributed by atoms with Gasteiger partial charge in [0, 0.05) is 18.0 Å². The smallest absolute Gasteiger partial charge is 0.264 e. The molecule has 2 heterocycles. The molecule has 1 N–H and O–H groups in total. The lowest BCUT2D eigenvalue weighted by Gasteiger charge is -2.22. The summed E-state index contributed by atoms with van der Waals surface area (Å²) < 4.78 is 1.74. The van der Waals surface area contributed by atoms with Crippen molar-refractivity contribution in [3.05, 3.63) is 100 Å². The third kappa shape index (κ3) is 5.61. The maximum atomic E-state index is 13.2. The van der Waals surface area contributed by atoms with Gasteiger partial charge in [0.2, 0.25) is 5.91 Å². The van der Waals surface area contributed by atoms with E-state index in [0.29, 0.717) is 17.2 Å². The van der Waals surface area contributed by atoms with Crippen LogP contribution >= 0.6 is 11.3 Å². The monoisotopic (exact) mass is 472 g/mol. The summed E-state index contributed by atoms with van der Waals surface area (Å²) in [5.74, 6) is 0.128. The van der Waals surface area contributed by atoms with Crippen molar-refractivity contribution in [2.75, 3.05) is 11.9 Å². The number of amides is 2. The lowest BCUT2D eigenvalue weighted by molar-refractivity contribution is -0.117. The molecule has 0 radical (unpaired) electrons. The maximum absolute atomic E-state index is 13.2. The molecule has 2 aromatic carbocycles. The van der Waals surface area contributed by atoms with E-state index in [1.54, 1.807) is 15.6 Å². The highest BCUT2D eigenvalue weighted by Gasteiger charge is 2.24. The van der Waals surface area contributed by atoms with Gasteiger partial charge in [-0.1, -0.05) is 75.4 Å². The first-order valence-electron chi connectivity index (χ1n) is 11.1. The Balaban J connectivity index is 1.59. The van der Waals surface area contributed by atoms with Gasteiger partial charge in [-0.3, -0.25) is 9.59 Å². The molecule has 4 rings (SSSR count). The fourth-order valence-corrected chi connectivity index (χ4v) is 4.21. The quantitative estimate of drug-likeness (QED) is 0.386. The molecule has 4 aromatic rings. The Morgan fingerprint density at radius 2 is 1.65 bits per heavy atom. The Bertz CT molecular complexity index is 1240. The molecule has 0 saturated carbocycles. The van der Waals surface area contributed by atoms with Crippen molar-refractivity contribution in [3.8, 4) is 5.69 Å². The van der Waals surface area contributed by atoms with Crippen LogP contribution in [0.2, 0.25) is 0 Å². The van der Waals surface area contributed by atoms with Crippen LogP contribution in [0.4, 0.5) is 5.82 Å². The van der Waals surface area contributed by atoms with Crippen molar-refractivity contribution in [3.63, 3.8) is 0 Å². The predicted molar refractivity (Wildman–Crippen MR) is 136 cm³/mol. The van der Waals surface area contributed by atoms with Crippen molar-refractivity contribution in [2.45, 2.75) is 32.7 Å². The number of anilines is 1. The van der Waals surface area contributed by atoms with Gasteiger partial charge in [-0.2, -0.15) is 5.10 Å². The Morgan fingerprint density at radius 1 is 0.971 bits per heavy atom. The van der Waals surface area contributed by atoms with Crippen LogP contribution in [0.1, 0.15) is 41.7 Å². The second-order valence-corrected chi connectivity index (χ2v) is 10.0. The van der Waals surface area contributed by atoms with E-state index in [4.69, 9.17) is 5.10 Å². The fraction of sp³-hybridized carbons (Fsp3) is 0.222. The summed E-state index contributed by atoms with van der Waals surface area (Å²) in [7, 11) is 0. The zero-order chi connectivity index (χ0) is 24.1. The molecule has 7 heteroatoms. The molecule has 0 aliphatic rings. The standard InChI is InChI=1S/C27H28N4O2S/c1-27(2,3)23-17-24(31(29-23)21-13-8-5-9-14-21)28-25(32)19-30(18-20-11-6-4-7-12-20)26(33)22-15-10-16-34-22/h4-17H,18-19H2,1-3H3,(H,28,32). The van der Waals surface area contributed by atoms with E-state index in [-0.39, 0.29) is 23.8 Å². The summed E-state index contributed by atoms with van der Waals surface area (Å²) in [5.41, 5.74) is 2.49. The molecule has 34 heavy (non-hydrogen) atoms. The van der Waals surface area contributed by atoms with Crippen molar-refractivity contribution in [2.24, 2.45) is 0 Å². The molecule has 0 aliphatic carbocycles. The number of carbonyl (C=O) groups is 2. The molecule has 0 unspecified atom stereocenters. The number of nitrogens with zero attached hydrogens (tertiary/aromatic N) is 3. The second-order valence-electron chi connectivity index (χ2n) is 9.08. The van der Waals surface area contributed by atoms with Gasteiger partial charge in [0.15, 0.2) is 0 Å². The minimum Gasteiger partial charge on any atom is -0.324 e. The molecular formula is C27H28N4O2S. The van der Waals surface area contributed by atoms with E-state index in [1.165, 1.54) is 11.3 Å². The van der Waals surface area contributed by atoms with Crippen LogP contribution < -0.4 is 5.32 Å². The molecule has 0 fully saturated rings. The third-order valence-electron chi connectivity index (χ3n) is 5.32. The molecule has 0 atom stereocenters. The Hall–Kier alpha value is -3.71. The Kier molecular flexibility index (Phi) is 6.93. The van der Waals surface area contributed by atoms with E-state index >= 15 is 0 Å². The van der Waals surface area contributed by atoms with Crippen LogP contribution in [0.5, 0.6) is 0 Å². The highest BCUT2D eigenvalue weighted by molar-refractivity contribution is 7.12. The van der Waals surface area contributed by atoms with Gasteiger partial charge >= 0.3 is 0 Å². The number of thiophene rings is 1. The molecule has 6 nitrogen and oxygen atoms in total. The maximum Gasteiger partial charge on any atom is 0.264 e. The minimum absolute atomic E-state index is 0.0730. The van der Waals surface area contributed by atoms with Crippen LogP contribution in [0.3, 0.4) is 0 Å². The number of carbonyl (C=O) groups excluding carboxylic acids is 2. The number of para-hydroxylation sites is 1. The van der Waals surface area contributed by atoms with Gasteiger partial charge < -0.3 is 10.2 Å². The SMILES string of the molecule is CC(C)(C)c1cc(NC(=O)CN(Cc2ccccc2)C(=O)c2cccs2)n(-c2ccccc2)n1. The first kappa shape index (κ1) is 23.4. The lowest BCUT2D eigenvalue weighted by Crippen LogP contribution is -2.37. The number of hydrogen-bond acceptors (Lipinski definition) is 4. The zero-order valence-corrected chi connectivity index (χ0v) is 20.4. The largest absolute Gasteiger partial charge is 0.324 e. The third-order valence-corrected chi connectivity index (χ3v) is 6.17. The molecule has 0 spiro atoms. The lowest BCUT2D eigenvalue weighted by atomic mass is 9.92. The van der Waals surface area contributed by atoms with Crippen molar-refractivity contribution in [1.82, 2.24) is 14.7 Å². The van der Waals surface area contributed by atoms with Crippen LogP contribution in [0.15, 0.2) is 84.2 Å². The van der Waals surface area contributed by atoms with Crippen LogP contribution in [-0.4, -0.2) is 33.0 Å². The summed E-state index contributed by atoms with van der Waals surface area (Å²) in [6, 6.07) is 24.9. The number of nitrogens with one attached hydrogen (secondary N) is 1. The van der Waals surface area contributed by atoms with Crippen LogP contribution in [0.25, 0.3) is 5.69 Å². The normalized spacial score (nSPS) is 11.3. The average molecular weight is 473 g/mol. The number of rotatable bonds is 7. The first-order chi connectivity index (χ1) is 16.3. The highest BCUT2D eigenvalue weighted by Crippen LogP contribution is 2.26. The topological polar surface area (TPSA) is 67.2 Å². The summed E-state index contributed by atoms with van der Waals surface area (Å²) in [4.78, 5) is 28.5. The van der Waals surface area contributed by atoms with Gasteiger partial charge in [-0.05, 0) is 29.1 Å². The molecule has 0 bridgehead atoms. The molecule has 174 valence electrons. The molecule has 0 saturated heterocycles. The second kappa shape index (κ2) is 10.1. The van der Waals surface area contributed by atoms with Crippen LogP contribution in [0, 0.1) is 0 Å². The summed E-state index contributed by atoms with van der Waals surface area (Å²) in [6.07, 6.45) is 0. The summed E-state index contributed by atoms with van der Waals surface area (Å²) in [6.45, 7) is 6.51. The van der Waals surface area contributed by atoms with E-state index in [1.807, 2.05) is 78.2 Å². The minimum atomic E-state index is -0.279. The van der Waals surface area contributed by atoms with E-state index in [9.17, 15) is 9.59 Å². The van der Waals surface area contributed by atoms with Gasteiger partial charge in [0.25, 0.3) is 5.91 Å². The van der Waals surface area contributed by atoms with Gasteiger partial charge in [-0.15, -0.1) is 11.3 Å². The van der Waals surface area contributed by atoms with E-state index < -0.39 is 0 Å². The Labute approximate surface area is 203 Å². The summed E-state index contributed by atoms with van der Waals surface area (Å²) >= 11 is 1.37. The first-order valence-corrected chi connectivity index (χ1v) is 12.0. The average Bonchev–Trinajstić information content (AvgIpc) is 3.50. The van der Waals surface area contributed by atoms with Gasteiger partial charge in [-0.25, -0.2) is 4.68 Å². The highest BCUT2D eigenvalue weighted by atomic mass is 32.1. The van der Waals surface area contributed by atoms with E-state index in [2.05, 4.69) is 26.1 Å². The molecule has 2 aromatic heterocycles. The number of aromatic nitrogens is 2. The molecule has 2 amide bonds.